The van der Waals surface area contributed by atoms with Gasteiger partial charge in [-0.05, 0) is 12.1 Å². The third-order valence-corrected chi connectivity index (χ3v) is 7.31. The molecule has 41 heavy (non-hydrogen) atoms. The van der Waals surface area contributed by atoms with E-state index in [1.54, 1.807) is 12.1 Å². The molecule has 6 aromatic rings. The van der Waals surface area contributed by atoms with Gasteiger partial charge in [0, 0.05) is 0 Å². The number of ether oxygens (including phenoxy) is 5. The zero-order chi connectivity index (χ0) is 28.7. The Morgan fingerprint density at radius 2 is 1.17 bits per heavy atom. The second-order valence-corrected chi connectivity index (χ2v) is 9.14. The smallest absolute Gasteiger partial charge is 0.344 e. The maximum atomic E-state index is 13.5. The molecule has 0 bridgehead atoms. The van der Waals surface area contributed by atoms with Crippen molar-refractivity contribution in [3.05, 3.63) is 56.6 Å². The number of aromatic hydroxyl groups is 1. The van der Waals surface area contributed by atoms with Crippen molar-refractivity contribution in [1.29, 1.82) is 0 Å². The minimum absolute atomic E-state index is 0.0369. The Hall–Kier alpha value is -5.30. The second-order valence-electron chi connectivity index (χ2n) is 9.14. The van der Waals surface area contributed by atoms with Gasteiger partial charge < -0.3 is 51.6 Å². The highest BCUT2D eigenvalue weighted by molar-refractivity contribution is 6.11. The van der Waals surface area contributed by atoms with Gasteiger partial charge in [0.05, 0.1) is 68.8 Å². The molecule has 0 saturated heterocycles. The quantitative estimate of drug-likeness (QED) is 0.288. The monoisotopic (exact) mass is 564 g/mol. The van der Waals surface area contributed by atoms with Crippen molar-refractivity contribution in [1.82, 2.24) is 0 Å². The van der Waals surface area contributed by atoms with Crippen molar-refractivity contribution in [2.75, 3.05) is 28.4 Å². The average molecular weight is 564 g/mol. The number of methoxy groups -OCH3 is 4. The first-order chi connectivity index (χ1) is 19.9. The van der Waals surface area contributed by atoms with Crippen LogP contribution in [0, 0.1) is 0 Å². The molecule has 0 radical (unpaired) electrons. The summed E-state index contributed by atoms with van der Waals surface area (Å²) in [4.78, 5) is 27.0. The number of hydrogen-bond donors (Lipinski definition) is 2. The van der Waals surface area contributed by atoms with Crippen LogP contribution in [0.2, 0.25) is 0 Å². The van der Waals surface area contributed by atoms with E-state index in [1.807, 2.05) is 0 Å². The zero-order valence-corrected chi connectivity index (χ0v) is 21.8. The van der Waals surface area contributed by atoms with Crippen molar-refractivity contribution < 1.29 is 51.6 Å². The molecule has 13 heteroatoms. The predicted octanol–water partition coefficient (Wildman–Crippen LogP) is 3.97. The third-order valence-electron chi connectivity index (χ3n) is 7.31. The first-order valence-electron chi connectivity index (χ1n) is 12.1. The van der Waals surface area contributed by atoms with Crippen LogP contribution in [0.5, 0.6) is 34.5 Å². The van der Waals surface area contributed by atoms with Gasteiger partial charge in [-0.1, -0.05) is 0 Å². The largest absolute Gasteiger partial charge is 0.506 e. The van der Waals surface area contributed by atoms with E-state index >= 15 is 0 Å². The van der Waals surface area contributed by atoms with E-state index in [-0.39, 0.29) is 67.4 Å². The summed E-state index contributed by atoms with van der Waals surface area (Å²) in [6, 6.07) is 3.21. The molecule has 7 rings (SSSR count). The fraction of sp³-hybridized carbons (Fsp3) is 0.214. The van der Waals surface area contributed by atoms with Crippen LogP contribution in [-0.2, 0) is 0 Å². The summed E-state index contributed by atoms with van der Waals surface area (Å²) in [5.41, 5.74) is -2.49. The van der Waals surface area contributed by atoms with Gasteiger partial charge in [-0.3, -0.25) is 0 Å². The van der Waals surface area contributed by atoms with Crippen LogP contribution in [0.3, 0.4) is 0 Å². The summed E-state index contributed by atoms with van der Waals surface area (Å²) in [6.07, 6.45) is 0.971. The number of aliphatic hydroxyl groups excluding tert-OH is 1. The number of fused-ring (bicyclic) bond motifs is 6. The van der Waals surface area contributed by atoms with E-state index in [4.69, 9.17) is 41.4 Å². The average Bonchev–Trinajstić information content (AvgIpc) is 3.70. The van der Waals surface area contributed by atoms with Crippen LogP contribution < -0.4 is 34.9 Å². The highest BCUT2D eigenvalue weighted by Crippen LogP contribution is 2.54. The molecule has 0 amide bonds. The summed E-state index contributed by atoms with van der Waals surface area (Å²) >= 11 is 0. The molecule has 5 heterocycles. The van der Waals surface area contributed by atoms with Gasteiger partial charge in [-0.15, -0.1) is 0 Å². The first kappa shape index (κ1) is 24.7. The van der Waals surface area contributed by atoms with Crippen molar-refractivity contribution >= 4 is 43.9 Å². The molecule has 0 fully saturated rings. The molecule has 1 aliphatic heterocycles. The zero-order valence-electron chi connectivity index (χ0n) is 21.8. The van der Waals surface area contributed by atoms with E-state index < -0.39 is 34.8 Å². The highest BCUT2D eigenvalue weighted by atomic mass is 16.6. The standard InChI is InChI=1S/C28H20O13/c1-33-17-9-5-7-37-19(9)24(35-3)22-14(17)16(29)12(27(31)40-22)11-13-21(39-26(11)30)15-18(34-2)10-6-8-38-20(10)25(36-4)23(15)41-28(13)32/h5-8,11,26,29-30H,1-4H3. The van der Waals surface area contributed by atoms with E-state index in [0.29, 0.717) is 10.8 Å². The first-order valence-corrected chi connectivity index (χ1v) is 12.1. The molecular formula is C28H20O13. The fourth-order valence-electron chi connectivity index (χ4n) is 5.68. The summed E-state index contributed by atoms with van der Waals surface area (Å²) in [7, 11) is 5.46. The molecule has 2 N–H and O–H groups in total. The lowest BCUT2D eigenvalue weighted by Gasteiger charge is -2.17. The van der Waals surface area contributed by atoms with Gasteiger partial charge in [0.25, 0.3) is 0 Å². The Labute approximate surface area is 227 Å². The fourth-order valence-corrected chi connectivity index (χ4v) is 5.68. The Bertz CT molecular complexity index is 2160. The number of benzene rings is 2. The van der Waals surface area contributed by atoms with Gasteiger partial charge in [0.15, 0.2) is 22.3 Å². The van der Waals surface area contributed by atoms with Crippen LogP contribution in [-0.4, -0.2) is 44.9 Å². The van der Waals surface area contributed by atoms with Gasteiger partial charge in [-0.25, -0.2) is 9.59 Å². The van der Waals surface area contributed by atoms with Gasteiger partial charge in [0.2, 0.25) is 17.8 Å². The third kappa shape index (κ3) is 3.03. The van der Waals surface area contributed by atoms with E-state index in [2.05, 4.69) is 0 Å². The summed E-state index contributed by atoms with van der Waals surface area (Å²) in [6.45, 7) is 0. The maximum absolute atomic E-state index is 13.5. The van der Waals surface area contributed by atoms with E-state index in [9.17, 15) is 19.8 Å². The van der Waals surface area contributed by atoms with Crippen LogP contribution in [0.4, 0.5) is 0 Å². The van der Waals surface area contributed by atoms with Gasteiger partial charge in [-0.2, -0.15) is 0 Å². The van der Waals surface area contributed by atoms with Gasteiger partial charge in [0.1, 0.15) is 33.8 Å². The molecule has 2 unspecified atom stereocenters. The van der Waals surface area contributed by atoms with Crippen LogP contribution in [0.1, 0.15) is 17.0 Å². The molecule has 2 atom stereocenters. The van der Waals surface area contributed by atoms with Crippen molar-refractivity contribution in [3.63, 3.8) is 0 Å². The summed E-state index contributed by atoms with van der Waals surface area (Å²) < 4.78 is 50.2. The molecule has 1 aliphatic rings. The highest BCUT2D eigenvalue weighted by Gasteiger charge is 2.45. The molecule has 0 saturated carbocycles. The van der Waals surface area contributed by atoms with Crippen molar-refractivity contribution in [2.45, 2.75) is 12.2 Å². The maximum Gasteiger partial charge on any atom is 0.344 e. The molecule has 2 aromatic carbocycles. The van der Waals surface area contributed by atoms with Crippen LogP contribution in [0.25, 0.3) is 43.9 Å². The number of hydrogen-bond acceptors (Lipinski definition) is 13. The lowest BCUT2D eigenvalue weighted by atomic mass is 9.91. The molecule has 0 spiro atoms. The lowest BCUT2D eigenvalue weighted by Crippen LogP contribution is -2.26. The van der Waals surface area contributed by atoms with Crippen molar-refractivity contribution in [2.24, 2.45) is 0 Å². The molecule has 210 valence electrons. The number of rotatable bonds is 5. The molecule has 0 aliphatic carbocycles. The topological polar surface area (TPSA) is 173 Å². The van der Waals surface area contributed by atoms with Gasteiger partial charge >= 0.3 is 11.3 Å². The Morgan fingerprint density at radius 1 is 0.683 bits per heavy atom. The Morgan fingerprint density at radius 3 is 1.71 bits per heavy atom. The normalized spacial score (nSPS) is 16.4. The number of furan rings is 2. The van der Waals surface area contributed by atoms with Crippen LogP contribution >= 0.6 is 0 Å². The van der Waals surface area contributed by atoms with Crippen molar-refractivity contribution in [3.8, 4) is 34.5 Å². The molecular weight excluding hydrogens is 544 g/mol. The minimum Gasteiger partial charge on any atom is -0.506 e. The van der Waals surface area contributed by atoms with E-state index in [0.717, 1.165) is 0 Å². The SMILES string of the molecule is COc1c2occc2c(OC)c2c(O)c(C3c4c(c5c(OC)c6ccoc6c(OC)c5oc4=O)OC3O)c(=O)oc12. The van der Waals surface area contributed by atoms with Crippen LogP contribution in [0.15, 0.2) is 51.9 Å². The minimum atomic E-state index is -1.81. The number of aliphatic hydroxyl groups is 1. The lowest BCUT2D eigenvalue weighted by molar-refractivity contribution is -0.00992. The van der Waals surface area contributed by atoms with E-state index in [1.165, 1.54) is 41.0 Å². The Balaban J connectivity index is 1.59. The molecule has 4 aromatic heterocycles. The Kier molecular flexibility index (Phi) is 5.18. The predicted molar refractivity (Wildman–Crippen MR) is 141 cm³/mol. The summed E-state index contributed by atoms with van der Waals surface area (Å²) in [5, 5.41) is 23.7. The molecule has 13 nitrogen and oxygen atoms in total. The summed E-state index contributed by atoms with van der Waals surface area (Å²) in [5.74, 6) is -1.82. The second kappa shape index (κ2) is 8.60.